The fraction of sp³-hybridized carbons (Fsp3) is 0.393. The van der Waals surface area contributed by atoms with Crippen molar-refractivity contribution in [2.75, 3.05) is 5.32 Å². The lowest BCUT2D eigenvalue weighted by atomic mass is 9.90. The van der Waals surface area contributed by atoms with Gasteiger partial charge < -0.3 is 5.32 Å². The molecule has 0 fully saturated rings. The number of anilines is 1. The van der Waals surface area contributed by atoms with E-state index in [2.05, 4.69) is 115 Å². The zero-order valence-electron chi connectivity index (χ0n) is 19.8. The number of benzene rings is 2. The summed E-state index contributed by atoms with van der Waals surface area (Å²) in [6, 6.07) is 19.5. The summed E-state index contributed by atoms with van der Waals surface area (Å²) >= 11 is 0. The number of hydrogen-bond acceptors (Lipinski definition) is 2. The van der Waals surface area contributed by atoms with Gasteiger partial charge >= 0.3 is 0 Å². The van der Waals surface area contributed by atoms with Gasteiger partial charge in [0.25, 0.3) is 0 Å². The summed E-state index contributed by atoms with van der Waals surface area (Å²) in [6.45, 7) is 17.8. The van der Waals surface area contributed by atoms with E-state index in [1.165, 1.54) is 33.5 Å². The molecule has 0 unspecified atom stereocenters. The molecule has 1 heterocycles. The molecule has 0 spiro atoms. The molecule has 2 aromatic carbocycles. The standard InChI is InChI=1S/C28H36N2/c1-18(2)22-14-10-15-23(19(3)4)27(22)30-28(7,8)25-17-11-16-24(29-25)26-20(5)12-9-13-21(26)6/h9-19,30H,1-8H3. The lowest BCUT2D eigenvalue weighted by Crippen LogP contribution is -2.30. The summed E-state index contributed by atoms with van der Waals surface area (Å²) in [4.78, 5) is 5.12. The molecule has 0 aliphatic rings. The third-order valence-electron chi connectivity index (χ3n) is 5.94. The number of aryl methyl sites for hydroxylation is 2. The predicted molar refractivity (Wildman–Crippen MR) is 130 cm³/mol. The molecule has 3 aromatic rings. The molecular weight excluding hydrogens is 364 g/mol. The highest BCUT2D eigenvalue weighted by Gasteiger charge is 2.26. The minimum atomic E-state index is -0.304. The van der Waals surface area contributed by atoms with Crippen LogP contribution >= 0.6 is 0 Å². The minimum absolute atomic E-state index is 0.304. The molecule has 3 rings (SSSR count). The highest BCUT2D eigenvalue weighted by Crippen LogP contribution is 2.37. The van der Waals surface area contributed by atoms with E-state index in [-0.39, 0.29) is 5.54 Å². The van der Waals surface area contributed by atoms with Crippen LogP contribution in [0.1, 0.15) is 81.3 Å². The molecule has 2 nitrogen and oxygen atoms in total. The second kappa shape index (κ2) is 8.63. The van der Waals surface area contributed by atoms with Crippen LogP contribution in [0.5, 0.6) is 0 Å². The van der Waals surface area contributed by atoms with E-state index in [1.807, 2.05) is 0 Å². The van der Waals surface area contributed by atoms with Crippen molar-refractivity contribution in [3.8, 4) is 11.3 Å². The second-order valence-electron chi connectivity index (χ2n) is 9.55. The van der Waals surface area contributed by atoms with Crippen molar-refractivity contribution in [3.63, 3.8) is 0 Å². The number of aromatic nitrogens is 1. The SMILES string of the molecule is Cc1cccc(C)c1-c1cccc(C(C)(C)Nc2c(C(C)C)cccc2C(C)C)n1. The summed E-state index contributed by atoms with van der Waals surface area (Å²) in [6.07, 6.45) is 0. The third-order valence-corrected chi connectivity index (χ3v) is 5.94. The van der Waals surface area contributed by atoms with E-state index < -0.39 is 0 Å². The maximum absolute atomic E-state index is 5.12. The Labute approximate surface area is 182 Å². The zero-order chi connectivity index (χ0) is 22.1. The van der Waals surface area contributed by atoms with E-state index >= 15 is 0 Å². The number of para-hydroxylation sites is 1. The molecule has 1 N–H and O–H groups in total. The van der Waals surface area contributed by atoms with Gasteiger partial charge in [-0.2, -0.15) is 0 Å². The number of pyridine rings is 1. The van der Waals surface area contributed by atoms with Crippen LogP contribution in [0.2, 0.25) is 0 Å². The van der Waals surface area contributed by atoms with Gasteiger partial charge in [0.1, 0.15) is 0 Å². The Balaban J connectivity index is 2.06. The van der Waals surface area contributed by atoms with Crippen LogP contribution in [0.4, 0.5) is 5.69 Å². The number of nitrogens with zero attached hydrogens (tertiary/aromatic N) is 1. The molecule has 30 heavy (non-hydrogen) atoms. The molecule has 0 radical (unpaired) electrons. The Kier molecular flexibility index (Phi) is 6.36. The lowest BCUT2D eigenvalue weighted by Gasteiger charge is -2.32. The Morgan fingerprint density at radius 1 is 0.733 bits per heavy atom. The number of nitrogens with one attached hydrogen (secondary N) is 1. The zero-order valence-corrected chi connectivity index (χ0v) is 19.8. The van der Waals surface area contributed by atoms with Crippen molar-refractivity contribution in [1.29, 1.82) is 0 Å². The Morgan fingerprint density at radius 3 is 1.77 bits per heavy atom. The van der Waals surface area contributed by atoms with Gasteiger partial charge in [-0.25, -0.2) is 0 Å². The average Bonchev–Trinajstić information content (AvgIpc) is 2.67. The molecule has 0 bridgehead atoms. The van der Waals surface area contributed by atoms with Gasteiger partial charge in [0, 0.05) is 11.3 Å². The van der Waals surface area contributed by atoms with Crippen LogP contribution < -0.4 is 5.32 Å². The fourth-order valence-electron chi connectivity index (χ4n) is 4.21. The topological polar surface area (TPSA) is 24.9 Å². The molecule has 1 aromatic heterocycles. The van der Waals surface area contributed by atoms with Crippen molar-refractivity contribution >= 4 is 5.69 Å². The Hall–Kier alpha value is -2.61. The highest BCUT2D eigenvalue weighted by molar-refractivity contribution is 5.68. The first kappa shape index (κ1) is 22.1. The Morgan fingerprint density at radius 2 is 1.23 bits per heavy atom. The Bertz CT molecular complexity index is 982. The fourth-order valence-corrected chi connectivity index (χ4v) is 4.21. The first-order valence-electron chi connectivity index (χ1n) is 11.1. The molecule has 0 aliphatic heterocycles. The third kappa shape index (κ3) is 4.43. The summed E-state index contributed by atoms with van der Waals surface area (Å²) in [5, 5.41) is 3.88. The summed E-state index contributed by atoms with van der Waals surface area (Å²) in [5.74, 6) is 0.909. The molecule has 0 atom stereocenters. The van der Waals surface area contributed by atoms with Gasteiger partial charge in [0.05, 0.1) is 16.9 Å². The van der Waals surface area contributed by atoms with Gasteiger partial charge in [0.15, 0.2) is 0 Å². The molecule has 0 saturated carbocycles. The van der Waals surface area contributed by atoms with E-state index in [0.29, 0.717) is 11.8 Å². The summed E-state index contributed by atoms with van der Waals surface area (Å²) < 4.78 is 0. The van der Waals surface area contributed by atoms with Gasteiger partial charge in [0.2, 0.25) is 0 Å². The van der Waals surface area contributed by atoms with Crippen LogP contribution in [0.3, 0.4) is 0 Å². The first-order chi connectivity index (χ1) is 14.1. The van der Waals surface area contributed by atoms with Crippen molar-refractivity contribution in [3.05, 3.63) is 82.5 Å². The highest BCUT2D eigenvalue weighted by atomic mass is 15.0. The average molecular weight is 401 g/mol. The molecular formula is C28H36N2. The maximum Gasteiger partial charge on any atom is 0.0739 e. The summed E-state index contributed by atoms with van der Waals surface area (Å²) in [7, 11) is 0. The maximum atomic E-state index is 5.12. The van der Waals surface area contributed by atoms with E-state index in [1.54, 1.807) is 0 Å². The number of hydrogen-bond donors (Lipinski definition) is 1. The van der Waals surface area contributed by atoms with E-state index in [9.17, 15) is 0 Å². The second-order valence-corrected chi connectivity index (χ2v) is 9.55. The van der Waals surface area contributed by atoms with Crippen molar-refractivity contribution in [2.24, 2.45) is 0 Å². The van der Waals surface area contributed by atoms with Gasteiger partial charge in [-0.3, -0.25) is 4.98 Å². The van der Waals surface area contributed by atoms with Crippen LogP contribution in [-0.4, -0.2) is 4.98 Å². The quantitative estimate of drug-likeness (QED) is 0.454. The van der Waals surface area contributed by atoms with Crippen molar-refractivity contribution in [1.82, 2.24) is 4.98 Å². The first-order valence-corrected chi connectivity index (χ1v) is 11.1. The molecule has 158 valence electrons. The van der Waals surface area contributed by atoms with Gasteiger partial charge in [-0.1, -0.05) is 70.2 Å². The number of rotatable bonds is 6. The van der Waals surface area contributed by atoms with Crippen LogP contribution in [-0.2, 0) is 5.54 Å². The van der Waals surface area contributed by atoms with Gasteiger partial charge in [-0.05, 0) is 73.9 Å². The predicted octanol–water partition coefficient (Wildman–Crippen LogP) is 7.96. The molecule has 0 amide bonds. The summed E-state index contributed by atoms with van der Waals surface area (Å²) in [5.41, 5.74) is 9.53. The van der Waals surface area contributed by atoms with Crippen LogP contribution in [0, 0.1) is 13.8 Å². The van der Waals surface area contributed by atoms with Crippen molar-refractivity contribution in [2.45, 2.75) is 72.8 Å². The van der Waals surface area contributed by atoms with E-state index in [0.717, 1.165) is 11.4 Å². The molecule has 0 aliphatic carbocycles. The van der Waals surface area contributed by atoms with Gasteiger partial charge in [-0.15, -0.1) is 0 Å². The van der Waals surface area contributed by atoms with Crippen LogP contribution in [0.25, 0.3) is 11.3 Å². The normalized spacial score (nSPS) is 11.9. The smallest absolute Gasteiger partial charge is 0.0739 e. The monoisotopic (exact) mass is 400 g/mol. The van der Waals surface area contributed by atoms with Crippen molar-refractivity contribution < 1.29 is 0 Å². The largest absolute Gasteiger partial charge is 0.374 e. The molecule has 0 saturated heterocycles. The van der Waals surface area contributed by atoms with Crippen LogP contribution in [0.15, 0.2) is 54.6 Å². The molecule has 2 heteroatoms. The lowest BCUT2D eigenvalue weighted by molar-refractivity contribution is 0.584. The van der Waals surface area contributed by atoms with E-state index in [4.69, 9.17) is 4.98 Å². The minimum Gasteiger partial charge on any atom is -0.374 e.